The van der Waals surface area contributed by atoms with E-state index < -0.39 is 0 Å². The third-order valence-electron chi connectivity index (χ3n) is 4.02. The Hall–Kier alpha value is -1.61. The van der Waals surface area contributed by atoms with E-state index >= 15 is 0 Å². The lowest BCUT2D eigenvalue weighted by atomic mass is 10.1. The Labute approximate surface area is 120 Å². The van der Waals surface area contributed by atoms with Gasteiger partial charge in [-0.15, -0.1) is 0 Å². The summed E-state index contributed by atoms with van der Waals surface area (Å²) in [4.78, 5) is 11.7. The van der Waals surface area contributed by atoms with Gasteiger partial charge in [0.2, 0.25) is 0 Å². The zero-order valence-corrected chi connectivity index (χ0v) is 12.6. The van der Waals surface area contributed by atoms with Crippen molar-refractivity contribution in [2.75, 3.05) is 0 Å². The SMILES string of the molecule is CCc1ccc2c(C[NH2+]C(CC)CC)cc(=O)oc2c1. The molecule has 0 aliphatic carbocycles. The Morgan fingerprint density at radius 1 is 1.15 bits per heavy atom. The summed E-state index contributed by atoms with van der Waals surface area (Å²) < 4.78 is 5.33. The number of hydrogen-bond acceptors (Lipinski definition) is 2. The highest BCUT2D eigenvalue weighted by molar-refractivity contribution is 5.80. The molecule has 0 aliphatic heterocycles. The van der Waals surface area contributed by atoms with Crippen LogP contribution in [-0.2, 0) is 13.0 Å². The molecule has 0 unspecified atom stereocenters. The van der Waals surface area contributed by atoms with E-state index in [1.54, 1.807) is 6.07 Å². The number of fused-ring (bicyclic) bond motifs is 1. The first-order valence-electron chi connectivity index (χ1n) is 7.56. The van der Waals surface area contributed by atoms with Gasteiger partial charge in [0, 0.05) is 17.0 Å². The maximum atomic E-state index is 11.7. The van der Waals surface area contributed by atoms with Gasteiger partial charge in [-0.3, -0.25) is 0 Å². The topological polar surface area (TPSA) is 46.8 Å². The van der Waals surface area contributed by atoms with Gasteiger partial charge in [0.15, 0.2) is 0 Å². The molecule has 2 aromatic rings. The van der Waals surface area contributed by atoms with Gasteiger partial charge in [-0.2, -0.15) is 0 Å². The molecule has 3 heteroatoms. The fourth-order valence-electron chi connectivity index (χ4n) is 2.58. The normalized spacial score (nSPS) is 11.4. The monoisotopic (exact) mass is 274 g/mol. The molecule has 0 atom stereocenters. The van der Waals surface area contributed by atoms with Crippen LogP contribution in [0.5, 0.6) is 0 Å². The molecule has 1 aromatic heterocycles. The summed E-state index contributed by atoms with van der Waals surface area (Å²) in [6.07, 6.45) is 3.25. The van der Waals surface area contributed by atoms with Crippen molar-refractivity contribution in [2.24, 2.45) is 0 Å². The van der Waals surface area contributed by atoms with E-state index in [4.69, 9.17) is 4.42 Å². The summed E-state index contributed by atoms with van der Waals surface area (Å²) in [5.74, 6) is 0. The zero-order valence-electron chi connectivity index (χ0n) is 12.6. The largest absolute Gasteiger partial charge is 0.423 e. The van der Waals surface area contributed by atoms with Gasteiger partial charge < -0.3 is 9.73 Å². The first kappa shape index (κ1) is 14.8. The van der Waals surface area contributed by atoms with Gasteiger partial charge in [0.1, 0.15) is 12.1 Å². The zero-order chi connectivity index (χ0) is 14.5. The average molecular weight is 274 g/mol. The molecular weight excluding hydrogens is 250 g/mol. The second-order valence-corrected chi connectivity index (χ2v) is 5.29. The van der Waals surface area contributed by atoms with Gasteiger partial charge >= 0.3 is 5.63 Å². The Bertz CT molecular complexity index is 626. The Morgan fingerprint density at radius 3 is 2.55 bits per heavy atom. The van der Waals surface area contributed by atoms with Gasteiger partial charge in [0.05, 0.1) is 6.04 Å². The second-order valence-electron chi connectivity index (χ2n) is 5.29. The molecule has 0 fully saturated rings. The molecular formula is C17H24NO2+. The predicted molar refractivity (Wildman–Crippen MR) is 81.9 cm³/mol. The third kappa shape index (κ3) is 3.28. The molecule has 108 valence electrons. The van der Waals surface area contributed by atoms with Gasteiger partial charge in [-0.1, -0.05) is 32.9 Å². The van der Waals surface area contributed by atoms with Gasteiger partial charge in [-0.25, -0.2) is 4.79 Å². The van der Waals surface area contributed by atoms with Crippen molar-refractivity contribution in [2.45, 2.75) is 52.6 Å². The molecule has 1 heterocycles. The van der Waals surface area contributed by atoms with Crippen molar-refractivity contribution in [1.82, 2.24) is 0 Å². The maximum Gasteiger partial charge on any atom is 0.336 e. The lowest BCUT2D eigenvalue weighted by Gasteiger charge is -2.12. The van der Waals surface area contributed by atoms with Crippen LogP contribution in [0.4, 0.5) is 0 Å². The van der Waals surface area contributed by atoms with E-state index in [1.165, 1.54) is 5.56 Å². The standard InChI is InChI=1S/C17H23NO2/c1-4-12-7-8-15-13(11-18-14(5-2)6-3)10-17(19)20-16(15)9-12/h7-10,14,18H,4-6,11H2,1-3H3/p+1. The highest BCUT2D eigenvalue weighted by Crippen LogP contribution is 2.18. The molecule has 0 aliphatic rings. The predicted octanol–water partition coefficient (Wildman–Crippen LogP) is 2.61. The second kappa shape index (κ2) is 6.71. The number of benzene rings is 1. The van der Waals surface area contributed by atoms with E-state index in [0.717, 1.165) is 36.8 Å². The molecule has 0 saturated heterocycles. The molecule has 3 nitrogen and oxygen atoms in total. The molecule has 2 rings (SSSR count). The average Bonchev–Trinajstić information content (AvgIpc) is 2.47. The molecule has 1 aromatic carbocycles. The molecule has 2 N–H and O–H groups in total. The lowest BCUT2D eigenvalue weighted by molar-refractivity contribution is -0.704. The van der Waals surface area contributed by atoms with Crippen molar-refractivity contribution in [1.29, 1.82) is 0 Å². The van der Waals surface area contributed by atoms with Crippen LogP contribution >= 0.6 is 0 Å². The van der Waals surface area contributed by atoms with E-state index in [-0.39, 0.29) is 5.63 Å². The highest BCUT2D eigenvalue weighted by atomic mass is 16.4. The summed E-state index contributed by atoms with van der Waals surface area (Å²) in [5.41, 5.74) is 2.73. The van der Waals surface area contributed by atoms with Crippen molar-refractivity contribution >= 4 is 11.0 Å². The van der Waals surface area contributed by atoms with Crippen LogP contribution in [-0.4, -0.2) is 6.04 Å². The van der Waals surface area contributed by atoms with Crippen molar-refractivity contribution in [3.63, 3.8) is 0 Å². The van der Waals surface area contributed by atoms with Gasteiger partial charge in [0.25, 0.3) is 0 Å². The number of quaternary nitrogens is 1. The van der Waals surface area contributed by atoms with Crippen LogP contribution in [0.3, 0.4) is 0 Å². The fraction of sp³-hybridized carbons (Fsp3) is 0.471. The van der Waals surface area contributed by atoms with Crippen molar-refractivity contribution in [3.8, 4) is 0 Å². The number of aryl methyl sites for hydroxylation is 1. The number of hydrogen-bond donors (Lipinski definition) is 1. The fourth-order valence-corrected chi connectivity index (χ4v) is 2.58. The molecule has 20 heavy (non-hydrogen) atoms. The van der Waals surface area contributed by atoms with E-state index in [1.807, 2.05) is 6.07 Å². The molecule has 0 radical (unpaired) electrons. The minimum absolute atomic E-state index is 0.251. The van der Waals surface area contributed by atoms with Crippen molar-refractivity contribution in [3.05, 3.63) is 45.8 Å². The first-order chi connectivity index (χ1) is 9.67. The molecule has 0 amide bonds. The summed E-state index contributed by atoms with van der Waals surface area (Å²) in [7, 11) is 0. The molecule has 0 bridgehead atoms. The number of nitrogens with two attached hydrogens (primary N) is 1. The van der Waals surface area contributed by atoms with Crippen LogP contribution in [0.2, 0.25) is 0 Å². The van der Waals surface area contributed by atoms with E-state index in [0.29, 0.717) is 11.6 Å². The third-order valence-corrected chi connectivity index (χ3v) is 4.02. The highest BCUT2D eigenvalue weighted by Gasteiger charge is 2.11. The minimum atomic E-state index is -0.251. The first-order valence-corrected chi connectivity index (χ1v) is 7.56. The molecule has 0 saturated carbocycles. The van der Waals surface area contributed by atoms with E-state index in [2.05, 4.69) is 38.2 Å². The summed E-state index contributed by atoms with van der Waals surface area (Å²) in [6.45, 7) is 7.34. The smallest absolute Gasteiger partial charge is 0.336 e. The lowest BCUT2D eigenvalue weighted by Crippen LogP contribution is -2.88. The molecule has 0 spiro atoms. The summed E-state index contributed by atoms with van der Waals surface area (Å²) >= 11 is 0. The van der Waals surface area contributed by atoms with Crippen LogP contribution in [0.1, 0.15) is 44.7 Å². The van der Waals surface area contributed by atoms with Crippen LogP contribution in [0.15, 0.2) is 33.5 Å². The van der Waals surface area contributed by atoms with Crippen molar-refractivity contribution < 1.29 is 9.73 Å². The Kier molecular flexibility index (Phi) is 4.96. The Morgan fingerprint density at radius 2 is 1.90 bits per heavy atom. The quantitative estimate of drug-likeness (QED) is 0.823. The number of rotatable bonds is 6. The summed E-state index contributed by atoms with van der Waals surface area (Å²) in [6, 6.07) is 8.42. The summed E-state index contributed by atoms with van der Waals surface area (Å²) in [5, 5.41) is 3.38. The maximum absolute atomic E-state index is 11.7. The van der Waals surface area contributed by atoms with Crippen LogP contribution in [0.25, 0.3) is 11.0 Å². The van der Waals surface area contributed by atoms with E-state index in [9.17, 15) is 4.79 Å². The minimum Gasteiger partial charge on any atom is -0.423 e. The van der Waals surface area contributed by atoms with Crippen LogP contribution < -0.4 is 10.9 Å². The van der Waals surface area contributed by atoms with Crippen LogP contribution in [0, 0.1) is 0 Å². The van der Waals surface area contributed by atoms with Gasteiger partial charge in [-0.05, 0) is 30.9 Å². The Balaban J connectivity index is 2.35.